The molecule has 0 aliphatic rings. The number of aromatic nitrogens is 2. The summed E-state index contributed by atoms with van der Waals surface area (Å²) >= 11 is 0. The van der Waals surface area contributed by atoms with Crippen molar-refractivity contribution in [3.8, 4) is 6.07 Å². The highest BCUT2D eigenvalue weighted by Crippen LogP contribution is 2.11. The van der Waals surface area contributed by atoms with Gasteiger partial charge in [-0.15, -0.1) is 0 Å². The van der Waals surface area contributed by atoms with E-state index in [-0.39, 0.29) is 12.1 Å². The van der Waals surface area contributed by atoms with Crippen LogP contribution in [0.3, 0.4) is 0 Å². The fraction of sp³-hybridized carbons (Fsp3) is 0.0588. The van der Waals surface area contributed by atoms with Crippen LogP contribution in [0.15, 0.2) is 58.8 Å². The fourth-order valence-electron chi connectivity index (χ4n) is 2.01. The number of nitrogens with one attached hydrogen (secondary N) is 1. The maximum atomic E-state index is 12.0. The zero-order valence-electron chi connectivity index (χ0n) is 12.1. The number of furan rings is 1. The monoisotopic (exact) mass is 304 g/mol. The largest absolute Gasteiger partial charge is 0.467 e. The molecule has 0 saturated heterocycles. The first-order valence-electron chi connectivity index (χ1n) is 6.90. The predicted molar refractivity (Wildman–Crippen MR) is 83.7 cm³/mol. The van der Waals surface area contributed by atoms with E-state index in [0.29, 0.717) is 17.0 Å². The number of para-hydroxylation sites is 2. The second-order valence-electron chi connectivity index (χ2n) is 4.72. The fourth-order valence-corrected chi connectivity index (χ4v) is 2.01. The molecular formula is C17H12N4O2. The number of benzene rings is 1. The van der Waals surface area contributed by atoms with Crippen LogP contribution in [0.5, 0.6) is 0 Å². The summed E-state index contributed by atoms with van der Waals surface area (Å²) in [7, 11) is 0. The molecule has 2 aromatic heterocycles. The zero-order chi connectivity index (χ0) is 16.1. The van der Waals surface area contributed by atoms with Gasteiger partial charge in [0.05, 0.1) is 35.7 Å². The van der Waals surface area contributed by atoms with Crippen molar-refractivity contribution in [2.24, 2.45) is 0 Å². The highest BCUT2D eigenvalue weighted by Gasteiger charge is 2.10. The van der Waals surface area contributed by atoms with Crippen LogP contribution < -0.4 is 5.32 Å². The minimum absolute atomic E-state index is 0.0406. The van der Waals surface area contributed by atoms with Crippen molar-refractivity contribution in [3.63, 3.8) is 0 Å². The highest BCUT2D eigenvalue weighted by molar-refractivity contribution is 6.01. The molecule has 0 bridgehead atoms. The molecule has 1 N–H and O–H groups in total. The van der Waals surface area contributed by atoms with Crippen LogP contribution in [0.1, 0.15) is 11.5 Å². The summed E-state index contributed by atoms with van der Waals surface area (Å²) in [4.78, 5) is 20.7. The normalized spacial score (nSPS) is 11.2. The summed E-state index contributed by atoms with van der Waals surface area (Å²) in [6.07, 6.45) is 4.46. The van der Waals surface area contributed by atoms with Crippen LogP contribution in [-0.4, -0.2) is 15.9 Å². The Hall–Kier alpha value is -3.46. The first-order chi connectivity index (χ1) is 11.3. The quantitative estimate of drug-likeness (QED) is 0.590. The summed E-state index contributed by atoms with van der Waals surface area (Å²) in [5.41, 5.74) is 1.87. The summed E-state index contributed by atoms with van der Waals surface area (Å²) in [5.74, 6) is 0.125. The summed E-state index contributed by atoms with van der Waals surface area (Å²) in [6.45, 7) is 0.217. The standard InChI is InChI=1S/C17H12N4O2/c18-9-12(17(22)20-11-14-4-3-7-23-14)8-13-10-19-15-5-1-2-6-16(15)21-13/h1-8,10H,11H2,(H,20,22)/b12-8+. The van der Waals surface area contributed by atoms with Crippen molar-refractivity contribution in [3.05, 3.63) is 65.9 Å². The molecule has 0 fully saturated rings. The first kappa shape index (κ1) is 14.5. The molecule has 0 aliphatic heterocycles. The molecule has 6 nitrogen and oxygen atoms in total. The number of carbonyl (C=O) groups excluding carboxylic acids is 1. The van der Waals surface area contributed by atoms with Gasteiger partial charge in [0.1, 0.15) is 17.4 Å². The predicted octanol–water partition coefficient (Wildman–Crippen LogP) is 2.45. The smallest absolute Gasteiger partial charge is 0.262 e. The Kier molecular flexibility index (Phi) is 4.11. The van der Waals surface area contributed by atoms with Crippen molar-refractivity contribution >= 4 is 23.0 Å². The number of hydrogen-bond donors (Lipinski definition) is 1. The number of fused-ring (bicyclic) bond motifs is 1. The van der Waals surface area contributed by atoms with Crippen LogP contribution in [-0.2, 0) is 11.3 Å². The van der Waals surface area contributed by atoms with Gasteiger partial charge in [0.2, 0.25) is 0 Å². The number of rotatable bonds is 4. The molecule has 3 aromatic rings. The van der Waals surface area contributed by atoms with Gasteiger partial charge in [-0.1, -0.05) is 12.1 Å². The van der Waals surface area contributed by atoms with Gasteiger partial charge in [0, 0.05) is 0 Å². The van der Waals surface area contributed by atoms with Gasteiger partial charge in [-0.3, -0.25) is 9.78 Å². The van der Waals surface area contributed by atoms with Crippen LogP contribution in [0.2, 0.25) is 0 Å². The van der Waals surface area contributed by atoms with E-state index in [1.54, 1.807) is 12.1 Å². The Labute approximate surface area is 132 Å². The van der Waals surface area contributed by atoms with E-state index >= 15 is 0 Å². The summed E-state index contributed by atoms with van der Waals surface area (Å²) in [5, 5.41) is 11.8. The van der Waals surface area contributed by atoms with E-state index in [0.717, 1.165) is 5.52 Å². The third kappa shape index (κ3) is 3.41. The Morgan fingerprint density at radius 1 is 1.26 bits per heavy atom. The lowest BCUT2D eigenvalue weighted by atomic mass is 10.2. The molecule has 23 heavy (non-hydrogen) atoms. The average molecular weight is 304 g/mol. The molecule has 6 heteroatoms. The topological polar surface area (TPSA) is 91.8 Å². The minimum Gasteiger partial charge on any atom is -0.467 e. The van der Waals surface area contributed by atoms with Crippen molar-refractivity contribution in [2.75, 3.05) is 0 Å². The van der Waals surface area contributed by atoms with Gasteiger partial charge < -0.3 is 9.73 Å². The Bertz CT molecular complexity index is 908. The van der Waals surface area contributed by atoms with E-state index in [4.69, 9.17) is 4.42 Å². The average Bonchev–Trinajstić information content (AvgIpc) is 3.11. The van der Waals surface area contributed by atoms with Gasteiger partial charge in [0.15, 0.2) is 0 Å². The molecule has 0 aliphatic carbocycles. The van der Waals surface area contributed by atoms with Gasteiger partial charge in [-0.2, -0.15) is 5.26 Å². The summed E-state index contributed by atoms with van der Waals surface area (Å²) < 4.78 is 5.12. The molecule has 112 valence electrons. The van der Waals surface area contributed by atoms with Crippen molar-refractivity contribution < 1.29 is 9.21 Å². The third-order valence-corrected chi connectivity index (χ3v) is 3.13. The van der Waals surface area contributed by atoms with Crippen LogP contribution in [0, 0.1) is 11.3 Å². The lowest BCUT2D eigenvalue weighted by Gasteiger charge is -2.02. The van der Waals surface area contributed by atoms with Crippen LogP contribution in [0.25, 0.3) is 17.1 Å². The van der Waals surface area contributed by atoms with Crippen molar-refractivity contribution in [1.82, 2.24) is 15.3 Å². The minimum atomic E-state index is -0.487. The molecular weight excluding hydrogens is 292 g/mol. The number of amides is 1. The number of hydrogen-bond acceptors (Lipinski definition) is 5. The first-order valence-corrected chi connectivity index (χ1v) is 6.90. The van der Waals surface area contributed by atoms with E-state index in [9.17, 15) is 10.1 Å². The van der Waals surface area contributed by atoms with E-state index < -0.39 is 5.91 Å². The lowest BCUT2D eigenvalue weighted by molar-refractivity contribution is -0.117. The molecule has 1 amide bonds. The zero-order valence-corrected chi connectivity index (χ0v) is 12.1. The van der Waals surface area contributed by atoms with Crippen molar-refractivity contribution in [2.45, 2.75) is 6.54 Å². The third-order valence-electron chi connectivity index (χ3n) is 3.13. The SMILES string of the molecule is N#C/C(=C\c1cnc2ccccc2n1)C(=O)NCc1ccco1. The van der Waals surface area contributed by atoms with Gasteiger partial charge >= 0.3 is 0 Å². The van der Waals surface area contributed by atoms with E-state index in [1.807, 2.05) is 30.3 Å². The number of nitriles is 1. The maximum Gasteiger partial charge on any atom is 0.262 e. The molecule has 3 rings (SSSR count). The number of nitrogens with zero attached hydrogens (tertiary/aromatic N) is 3. The van der Waals surface area contributed by atoms with Crippen LogP contribution >= 0.6 is 0 Å². The summed E-state index contributed by atoms with van der Waals surface area (Å²) in [6, 6.07) is 12.7. The molecule has 2 heterocycles. The molecule has 0 radical (unpaired) electrons. The van der Waals surface area contributed by atoms with E-state index in [2.05, 4.69) is 15.3 Å². The maximum absolute atomic E-state index is 12.0. The Morgan fingerprint density at radius 3 is 2.83 bits per heavy atom. The van der Waals surface area contributed by atoms with Gasteiger partial charge in [-0.05, 0) is 30.3 Å². The van der Waals surface area contributed by atoms with Gasteiger partial charge in [0.25, 0.3) is 5.91 Å². The van der Waals surface area contributed by atoms with Crippen molar-refractivity contribution in [1.29, 1.82) is 5.26 Å². The molecule has 0 spiro atoms. The lowest BCUT2D eigenvalue weighted by Crippen LogP contribution is -2.23. The van der Waals surface area contributed by atoms with Gasteiger partial charge in [-0.25, -0.2) is 4.98 Å². The van der Waals surface area contributed by atoms with Crippen LogP contribution in [0.4, 0.5) is 0 Å². The Balaban J connectivity index is 1.79. The molecule has 0 saturated carbocycles. The molecule has 1 aromatic carbocycles. The van der Waals surface area contributed by atoms with E-state index in [1.165, 1.54) is 18.5 Å². The number of carbonyl (C=O) groups is 1. The second kappa shape index (κ2) is 6.54. The molecule has 0 unspecified atom stereocenters. The Morgan fingerprint density at radius 2 is 2.09 bits per heavy atom. The second-order valence-corrected chi connectivity index (χ2v) is 4.72. The highest BCUT2D eigenvalue weighted by atomic mass is 16.3. The molecule has 0 atom stereocenters.